The summed E-state index contributed by atoms with van der Waals surface area (Å²) < 4.78 is 39.0. The number of anilines is 1. The average molecular weight is 498 g/mol. The Kier molecular flexibility index (Phi) is 9.39. The van der Waals surface area contributed by atoms with Crippen molar-refractivity contribution < 1.29 is 22.7 Å². The molecule has 2 N–H and O–H groups in total. The van der Waals surface area contributed by atoms with E-state index in [0.29, 0.717) is 23.4 Å². The number of hydrogen-bond donors (Lipinski definition) is 2. The fourth-order valence-corrected chi connectivity index (χ4v) is 4.80. The molecule has 0 aliphatic carbocycles. The maximum Gasteiger partial charge on any atom is 0.262 e. The Morgan fingerprint density at radius 3 is 2.30 bits per heavy atom. The van der Waals surface area contributed by atoms with E-state index in [9.17, 15) is 13.2 Å². The van der Waals surface area contributed by atoms with Crippen LogP contribution in [-0.4, -0.2) is 59.1 Å². The number of methoxy groups -OCH3 is 2. The molecule has 0 radical (unpaired) electrons. The van der Waals surface area contributed by atoms with Gasteiger partial charge in [0.2, 0.25) is 0 Å². The Bertz CT molecular complexity index is 1090. The first-order valence-electron chi connectivity index (χ1n) is 10.6. The number of hydrogen-bond acceptors (Lipinski definition) is 6. The molecule has 2 aromatic rings. The number of sulfonamides is 1. The molecule has 1 unspecified atom stereocenters. The van der Waals surface area contributed by atoms with Crippen molar-refractivity contribution in [3.05, 3.63) is 46.5 Å². The summed E-state index contributed by atoms with van der Waals surface area (Å²) in [5.41, 5.74) is 1.12. The van der Waals surface area contributed by atoms with Crippen LogP contribution in [0.4, 0.5) is 5.69 Å². The van der Waals surface area contributed by atoms with Gasteiger partial charge in [-0.1, -0.05) is 31.5 Å². The summed E-state index contributed by atoms with van der Waals surface area (Å²) >= 11 is 6.15. The molecule has 2 rings (SSSR count). The average Bonchev–Trinajstić information content (AvgIpc) is 2.78. The largest absolute Gasteiger partial charge is 0.495 e. The molecule has 2 aromatic carbocycles. The number of nitrogens with zero attached hydrogens (tertiary/aromatic N) is 1. The fraction of sp³-hybridized carbons (Fsp3) is 0.435. The predicted octanol–water partition coefficient (Wildman–Crippen LogP) is 3.93. The number of ether oxygens (including phenoxy) is 2. The van der Waals surface area contributed by atoms with Crippen molar-refractivity contribution in [3.8, 4) is 11.5 Å². The van der Waals surface area contributed by atoms with Crippen LogP contribution < -0.4 is 19.5 Å². The molecule has 10 heteroatoms. The van der Waals surface area contributed by atoms with E-state index in [4.69, 9.17) is 21.1 Å². The van der Waals surface area contributed by atoms with Gasteiger partial charge < -0.3 is 14.8 Å². The first kappa shape index (κ1) is 26.8. The van der Waals surface area contributed by atoms with Crippen LogP contribution in [0.5, 0.6) is 11.5 Å². The molecule has 182 valence electrons. The van der Waals surface area contributed by atoms with Gasteiger partial charge in [0.25, 0.3) is 15.9 Å². The summed E-state index contributed by atoms with van der Waals surface area (Å²) in [5.74, 6) is 0.272. The second-order valence-corrected chi connectivity index (χ2v) is 9.64. The van der Waals surface area contributed by atoms with E-state index >= 15 is 0 Å². The lowest BCUT2D eigenvalue weighted by molar-refractivity contribution is 0.0937. The highest BCUT2D eigenvalue weighted by molar-refractivity contribution is 7.92. The third-order valence-corrected chi connectivity index (χ3v) is 7.13. The van der Waals surface area contributed by atoms with Gasteiger partial charge in [-0.15, -0.1) is 0 Å². The maximum absolute atomic E-state index is 13.1. The molecular weight excluding hydrogens is 466 g/mol. The standard InChI is InChI=1S/C23H32ClN3O5S/c1-7-27(8-2)16(4)14-25-23(28)18-11-17(10-9-15(18)3)33(29,30)26-20-12-19(24)21(31-5)13-22(20)32-6/h9-13,16,26H,7-8,14H2,1-6H3,(H,25,28). The van der Waals surface area contributed by atoms with Crippen LogP contribution >= 0.6 is 11.6 Å². The van der Waals surface area contributed by atoms with Crippen LogP contribution in [0.2, 0.25) is 5.02 Å². The number of halogens is 1. The van der Waals surface area contributed by atoms with Crippen molar-refractivity contribution in [1.82, 2.24) is 10.2 Å². The summed E-state index contributed by atoms with van der Waals surface area (Å²) in [6.45, 7) is 10.2. The van der Waals surface area contributed by atoms with E-state index < -0.39 is 10.0 Å². The lowest BCUT2D eigenvalue weighted by atomic mass is 10.1. The van der Waals surface area contributed by atoms with Crippen molar-refractivity contribution in [2.75, 3.05) is 38.6 Å². The maximum atomic E-state index is 13.1. The number of benzene rings is 2. The van der Waals surface area contributed by atoms with Crippen molar-refractivity contribution in [1.29, 1.82) is 0 Å². The van der Waals surface area contributed by atoms with Crippen LogP contribution in [0, 0.1) is 6.92 Å². The van der Waals surface area contributed by atoms with Gasteiger partial charge in [-0.05, 0) is 50.7 Å². The molecule has 0 saturated carbocycles. The zero-order valence-corrected chi connectivity index (χ0v) is 21.4. The number of aryl methyl sites for hydroxylation is 1. The number of nitrogens with one attached hydrogen (secondary N) is 2. The predicted molar refractivity (Wildman–Crippen MR) is 131 cm³/mol. The molecule has 33 heavy (non-hydrogen) atoms. The van der Waals surface area contributed by atoms with Crippen LogP contribution in [-0.2, 0) is 10.0 Å². The Morgan fingerprint density at radius 1 is 1.09 bits per heavy atom. The zero-order chi connectivity index (χ0) is 24.8. The molecule has 0 saturated heterocycles. The van der Waals surface area contributed by atoms with Gasteiger partial charge in [-0.2, -0.15) is 0 Å². The number of carbonyl (C=O) groups is 1. The van der Waals surface area contributed by atoms with Crippen LogP contribution in [0.3, 0.4) is 0 Å². The van der Waals surface area contributed by atoms with E-state index in [0.717, 1.165) is 13.1 Å². The Hall–Kier alpha value is -2.49. The minimum atomic E-state index is -4.03. The summed E-state index contributed by atoms with van der Waals surface area (Å²) in [6.07, 6.45) is 0. The first-order valence-corrected chi connectivity index (χ1v) is 12.5. The molecule has 0 fully saturated rings. The second kappa shape index (κ2) is 11.6. The minimum absolute atomic E-state index is 0.0518. The molecule has 8 nitrogen and oxygen atoms in total. The summed E-state index contributed by atoms with van der Waals surface area (Å²) in [7, 11) is -1.16. The molecule has 0 bridgehead atoms. The van der Waals surface area contributed by atoms with Gasteiger partial charge in [-0.25, -0.2) is 8.42 Å². The van der Waals surface area contributed by atoms with Crippen molar-refractivity contribution in [2.24, 2.45) is 0 Å². The molecule has 0 spiro atoms. The van der Waals surface area contributed by atoms with Crippen molar-refractivity contribution >= 4 is 33.2 Å². The summed E-state index contributed by atoms with van der Waals surface area (Å²) in [4.78, 5) is 15.0. The monoisotopic (exact) mass is 497 g/mol. The minimum Gasteiger partial charge on any atom is -0.495 e. The number of carbonyl (C=O) groups excluding carboxylic acids is 1. The van der Waals surface area contributed by atoms with Crippen molar-refractivity contribution in [2.45, 2.75) is 38.6 Å². The van der Waals surface area contributed by atoms with Gasteiger partial charge in [0, 0.05) is 24.2 Å². The van der Waals surface area contributed by atoms with E-state index in [-0.39, 0.29) is 33.3 Å². The number of likely N-dealkylation sites (N-methyl/N-ethyl adjacent to an activating group) is 1. The highest BCUT2D eigenvalue weighted by Gasteiger charge is 2.21. The van der Waals surface area contributed by atoms with Gasteiger partial charge >= 0.3 is 0 Å². The van der Waals surface area contributed by atoms with Crippen molar-refractivity contribution in [3.63, 3.8) is 0 Å². The van der Waals surface area contributed by atoms with Crippen LogP contribution in [0.25, 0.3) is 0 Å². The quantitative estimate of drug-likeness (QED) is 0.488. The number of rotatable bonds is 11. The molecule has 1 atom stereocenters. The lowest BCUT2D eigenvalue weighted by Gasteiger charge is -2.26. The van der Waals surface area contributed by atoms with Crippen LogP contribution in [0.15, 0.2) is 35.2 Å². The van der Waals surface area contributed by atoms with Gasteiger partial charge in [0.1, 0.15) is 11.5 Å². The third kappa shape index (κ3) is 6.52. The van der Waals surface area contributed by atoms with E-state index in [2.05, 4.69) is 28.8 Å². The molecule has 0 aliphatic rings. The highest BCUT2D eigenvalue weighted by Crippen LogP contribution is 2.37. The Morgan fingerprint density at radius 2 is 1.73 bits per heavy atom. The third-order valence-electron chi connectivity index (χ3n) is 5.48. The molecule has 0 aromatic heterocycles. The molecule has 0 heterocycles. The fourth-order valence-electron chi connectivity index (χ4n) is 3.47. The Balaban J connectivity index is 2.29. The topological polar surface area (TPSA) is 97.0 Å². The number of amides is 1. The summed E-state index contributed by atoms with van der Waals surface area (Å²) in [5, 5.41) is 3.13. The summed E-state index contributed by atoms with van der Waals surface area (Å²) in [6, 6.07) is 7.48. The smallest absolute Gasteiger partial charge is 0.262 e. The lowest BCUT2D eigenvalue weighted by Crippen LogP contribution is -2.42. The zero-order valence-electron chi connectivity index (χ0n) is 19.9. The normalized spacial score (nSPS) is 12.4. The Labute approximate surface area is 201 Å². The second-order valence-electron chi connectivity index (χ2n) is 7.55. The van der Waals surface area contributed by atoms with Gasteiger partial charge in [0.05, 0.1) is 29.8 Å². The first-order chi connectivity index (χ1) is 15.6. The highest BCUT2D eigenvalue weighted by atomic mass is 35.5. The molecule has 1 amide bonds. The van der Waals surface area contributed by atoms with E-state index in [1.165, 1.54) is 38.5 Å². The van der Waals surface area contributed by atoms with Crippen LogP contribution in [0.1, 0.15) is 36.7 Å². The molecular formula is C23H32ClN3O5S. The van der Waals surface area contributed by atoms with Gasteiger partial charge in [0.15, 0.2) is 0 Å². The molecule has 0 aliphatic heterocycles. The SMILES string of the molecule is CCN(CC)C(C)CNC(=O)c1cc(S(=O)(=O)Nc2cc(Cl)c(OC)cc2OC)ccc1C. The van der Waals surface area contributed by atoms with E-state index in [1.54, 1.807) is 13.0 Å². The van der Waals surface area contributed by atoms with Gasteiger partial charge in [-0.3, -0.25) is 14.4 Å². The van der Waals surface area contributed by atoms with E-state index in [1.807, 2.05) is 6.92 Å².